The van der Waals surface area contributed by atoms with Crippen LogP contribution in [0.15, 0.2) is 42.5 Å². The number of ether oxygens (including phenoxy) is 1. The Kier molecular flexibility index (Phi) is 10.4. The summed E-state index contributed by atoms with van der Waals surface area (Å²) in [5.74, 6) is 1.46. The topological polar surface area (TPSA) is 58.6 Å². The number of carbonyl (C=O) groups excluding carboxylic acids is 2. The Bertz CT molecular complexity index is 945. The van der Waals surface area contributed by atoms with E-state index in [2.05, 4.69) is 5.32 Å². The van der Waals surface area contributed by atoms with E-state index in [0.717, 1.165) is 37.0 Å². The summed E-state index contributed by atoms with van der Waals surface area (Å²) in [5, 5.41) is 4.11. The minimum atomic E-state index is -0.636. The van der Waals surface area contributed by atoms with Gasteiger partial charge in [0.15, 0.2) is 0 Å². The molecule has 1 aliphatic rings. The van der Waals surface area contributed by atoms with Crippen molar-refractivity contribution >= 4 is 46.8 Å². The molecule has 2 aromatic rings. The van der Waals surface area contributed by atoms with Crippen molar-refractivity contribution < 1.29 is 14.3 Å². The first-order valence-corrected chi connectivity index (χ1v) is 13.5. The van der Waals surface area contributed by atoms with Crippen LogP contribution in [0.2, 0.25) is 10.0 Å². The Morgan fingerprint density at radius 3 is 2.35 bits per heavy atom. The number of methoxy groups -OCH3 is 1. The molecular formula is C26H32Cl2N2O3S. The van der Waals surface area contributed by atoms with Gasteiger partial charge >= 0.3 is 0 Å². The van der Waals surface area contributed by atoms with Gasteiger partial charge in [0.05, 0.1) is 12.9 Å². The van der Waals surface area contributed by atoms with E-state index in [4.69, 9.17) is 27.9 Å². The molecule has 0 aliphatic heterocycles. The predicted octanol–water partition coefficient (Wildman–Crippen LogP) is 6.10. The number of amides is 2. The van der Waals surface area contributed by atoms with Gasteiger partial charge in [-0.25, -0.2) is 0 Å². The molecule has 0 aromatic heterocycles. The van der Waals surface area contributed by atoms with Gasteiger partial charge in [0.25, 0.3) is 0 Å². The van der Waals surface area contributed by atoms with Gasteiger partial charge in [-0.3, -0.25) is 9.59 Å². The zero-order chi connectivity index (χ0) is 24.5. The van der Waals surface area contributed by atoms with Crippen LogP contribution in [-0.4, -0.2) is 41.7 Å². The van der Waals surface area contributed by atoms with E-state index in [1.54, 1.807) is 37.1 Å². The molecule has 1 N–H and O–H groups in total. The lowest BCUT2D eigenvalue weighted by Gasteiger charge is -2.31. The van der Waals surface area contributed by atoms with Crippen LogP contribution >= 0.6 is 35.0 Å². The number of thioether (sulfide) groups is 1. The molecular weight excluding hydrogens is 491 g/mol. The molecule has 1 aliphatic carbocycles. The highest BCUT2D eigenvalue weighted by Gasteiger charge is 2.29. The molecule has 8 heteroatoms. The van der Waals surface area contributed by atoms with Crippen molar-refractivity contribution in [1.29, 1.82) is 0 Å². The van der Waals surface area contributed by atoms with E-state index in [1.807, 2.05) is 24.3 Å². The molecule has 1 fully saturated rings. The van der Waals surface area contributed by atoms with Crippen LogP contribution in [0.25, 0.3) is 0 Å². The van der Waals surface area contributed by atoms with Crippen LogP contribution in [0.3, 0.4) is 0 Å². The van der Waals surface area contributed by atoms with Crippen LogP contribution in [0.1, 0.15) is 50.2 Å². The summed E-state index contributed by atoms with van der Waals surface area (Å²) in [5.41, 5.74) is 1.75. The van der Waals surface area contributed by atoms with Crippen LogP contribution in [0.4, 0.5) is 0 Å². The van der Waals surface area contributed by atoms with Crippen molar-refractivity contribution in [3.8, 4) is 5.75 Å². The molecule has 1 atom stereocenters. The fourth-order valence-electron chi connectivity index (χ4n) is 4.07. The number of benzene rings is 2. The van der Waals surface area contributed by atoms with E-state index < -0.39 is 6.04 Å². The largest absolute Gasteiger partial charge is 0.497 e. The van der Waals surface area contributed by atoms with Crippen molar-refractivity contribution in [1.82, 2.24) is 10.2 Å². The van der Waals surface area contributed by atoms with Gasteiger partial charge in [0, 0.05) is 33.9 Å². The summed E-state index contributed by atoms with van der Waals surface area (Å²) in [6.07, 6.45) is 5.43. The molecule has 2 aromatic carbocycles. The summed E-state index contributed by atoms with van der Waals surface area (Å²) in [4.78, 5) is 28.0. The Hall–Kier alpha value is -1.89. The fourth-order valence-corrected chi connectivity index (χ4v) is 5.45. The summed E-state index contributed by atoms with van der Waals surface area (Å²) >= 11 is 14.3. The van der Waals surface area contributed by atoms with Gasteiger partial charge in [0.1, 0.15) is 11.8 Å². The highest BCUT2D eigenvalue weighted by atomic mass is 35.5. The average Bonchev–Trinajstić information content (AvgIpc) is 2.84. The van der Waals surface area contributed by atoms with Gasteiger partial charge in [-0.1, -0.05) is 60.7 Å². The fraction of sp³-hybridized carbons (Fsp3) is 0.462. The molecule has 0 bridgehead atoms. The monoisotopic (exact) mass is 522 g/mol. The highest BCUT2D eigenvalue weighted by Crippen LogP contribution is 2.27. The first kappa shape index (κ1) is 26.7. The molecule has 184 valence electrons. The number of carbonyl (C=O) groups is 2. The van der Waals surface area contributed by atoms with Crippen LogP contribution in [-0.2, 0) is 21.9 Å². The summed E-state index contributed by atoms with van der Waals surface area (Å²) in [6, 6.07) is 12.6. The number of halogens is 2. The minimum absolute atomic E-state index is 0.124. The zero-order valence-corrected chi connectivity index (χ0v) is 22.0. The van der Waals surface area contributed by atoms with Crippen LogP contribution < -0.4 is 10.1 Å². The maximum Gasteiger partial charge on any atom is 0.242 e. The van der Waals surface area contributed by atoms with Crippen molar-refractivity contribution in [2.75, 3.05) is 12.9 Å². The molecule has 0 unspecified atom stereocenters. The third kappa shape index (κ3) is 7.56. The Balaban J connectivity index is 1.68. The lowest BCUT2D eigenvalue weighted by molar-refractivity contribution is -0.139. The van der Waals surface area contributed by atoms with Crippen LogP contribution in [0.5, 0.6) is 5.75 Å². The second kappa shape index (κ2) is 13.3. The van der Waals surface area contributed by atoms with Gasteiger partial charge in [-0.05, 0) is 49.6 Å². The predicted molar refractivity (Wildman–Crippen MR) is 141 cm³/mol. The first-order chi connectivity index (χ1) is 16.4. The number of nitrogens with one attached hydrogen (secondary N) is 1. The standard InChI is InChI=1S/C26H32Cl2N2O3S/c1-18(26(32)29-20-7-4-3-5-8-20)30(15-22-23(27)9-6-10-24(22)28)25(31)17-34-16-19-11-13-21(33-2)14-12-19/h6,9-14,18,20H,3-5,7-8,15-17H2,1-2H3,(H,29,32)/t18-/m0/s1. The van der Waals surface area contributed by atoms with Gasteiger partial charge in [0.2, 0.25) is 11.8 Å². The smallest absolute Gasteiger partial charge is 0.242 e. The van der Waals surface area contributed by atoms with E-state index in [-0.39, 0.29) is 30.2 Å². The zero-order valence-electron chi connectivity index (χ0n) is 19.7. The van der Waals surface area contributed by atoms with Gasteiger partial charge in [-0.2, -0.15) is 0 Å². The second-order valence-electron chi connectivity index (χ2n) is 8.58. The van der Waals surface area contributed by atoms with Crippen molar-refractivity contribution in [2.45, 2.75) is 63.4 Å². The summed E-state index contributed by atoms with van der Waals surface area (Å²) < 4.78 is 5.20. The lowest BCUT2D eigenvalue weighted by Crippen LogP contribution is -2.50. The number of hydrogen-bond acceptors (Lipinski definition) is 4. The van der Waals surface area contributed by atoms with Crippen LogP contribution in [0, 0.1) is 0 Å². The lowest BCUT2D eigenvalue weighted by atomic mass is 9.95. The summed E-state index contributed by atoms with van der Waals surface area (Å²) in [7, 11) is 1.63. The van der Waals surface area contributed by atoms with Gasteiger partial charge < -0.3 is 15.0 Å². The van der Waals surface area contributed by atoms with E-state index in [0.29, 0.717) is 21.4 Å². The second-order valence-corrected chi connectivity index (χ2v) is 10.4. The Labute approximate surface area is 216 Å². The maximum absolute atomic E-state index is 13.3. The first-order valence-electron chi connectivity index (χ1n) is 11.6. The van der Waals surface area contributed by atoms with Crippen molar-refractivity contribution in [3.63, 3.8) is 0 Å². The SMILES string of the molecule is COc1ccc(CSCC(=O)N(Cc2c(Cl)cccc2Cl)[C@@H](C)C(=O)NC2CCCCC2)cc1. The van der Waals surface area contributed by atoms with E-state index in [1.165, 1.54) is 18.2 Å². The van der Waals surface area contributed by atoms with E-state index >= 15 is 0 Å². The molecule has 0 spiro atoms. The van der Waals surface area contributed by atoms with Crippen molar-refractivity contribution in [2.24, 2.45) is 0 Å². The van der Waals surface area contributed by atoms with Gasteiger partial charge in [-0.15, -0.1) is 11.8 Å². The van der Waals surface area contributed by atoms with Crippen molar-refractivity contribution in [3.05, 3.63) is 63.6 Å². The van der Waals surface area contributed by atoms with E-state index in [9.17, 15) is 9.59 Å². The third-order valence-corrected chi connectivity index (χ3v) is 7.86. The molecule has 0 saturated heterocycles. The molecule has 0 radical (unpaired) electrons. The Morgan fingerprint density at radius 2 is 1.74 bits per heavy atom. The highest BCUT2D eigenvalue weighted by molar-refractivity contribution is 7.99. The third-order valence-electron chi connectivity index (χ3n) is 6.16. The number of rotatable bonds is 10. The average molecular weight is 524 g/mol. The molecule has 2 amide bonds. The minimum Gasteiger partial charge on any atom is -0.497 e. The molecule has 0 heterocycles. The normalized spacial score (nSPS) is 14.9. The molecule has 34 heavy (non-hydrogen) atoms. The quantitative estimate of drug-likeness (QED) is 0.409. The Morgan fingerprint density at radius 1 is 1.09 bits per heavy atom. The maximum atomic E-state index is 13.3. The number of nitrogens with zero attached hydrogens (tertiary/aromatic N) is 1. The molecule has 1 saturated carbocycles. The summed E-state index contributed by atoms with van der Waals surface area (Å²) in [6.45, 7) is 1.95. The number of hydrogen-bond donors (Lipinski definition) is 1. The molecule has 5 nitrogen and oxygen atoms in total. The molecule has 3 rings (SSSR count).